The molecular weight excluding hydrogens is 340 g/mol. The molecule has 0 N–H and O–H groups in total. The number of rotatable bonds is 5. The second-order valence-corrected chi connectivity index (χ2v) is 7.67. The third-order valence-corrected chi connectivity index (χ3v) is 4.69. The Labute approximate surface area is 158 Å². The topological polar surface area (TPSA) is 42.5 Å². The van der Waals surface area contributed by atoms with Crippen molar-refractivity contribution in [2.75, 3.05) is 0 Å². The zero-order valence-corrected chi connectivity index (χ0v) is 16.5. The van der Waals surface area contributed by atoms with Crippen molar-refractivity contribution in [3.05, 3.63) is 64.5 Å². The van der Waals surface area contributed by atoms with Gasteiger partial charge in [0.05, 0.1) is 17.6 Å². The smallest absolute Gasteiger partial charge is 0.211 e. The maximum absolute atomic E-state index is 4.88. The number of aromatic nitrogens is 2. The van der Waals surface area contributed by atoms with Gasteiger partial charge in [0.15, 0.2) is 0 Å². The van der Waals surface area contributed by atoms with E-state index in [-0.39, 0.29) is 0 Å². The van der Waals surface area contributed by atoms with E-state index in [2.05, 4.69) is 62.3 Å². The number of aryl methyl sites for hydroxylation is 1. The van der Waals surface area contributed by atoms with Gasteiger partial charge in [-0.1, -0.05) is 43.7 Å². The van der Waals surface area contributed by atoms with Crippen LogP contribution in [0.25, 0.3) is 11.3 Å². The van der Waals surface area contributed by atoms with Crippen molar-refractivity contribution in [2.24, 2.45) is 16.0 Å². The molecule has 3 aromatic rings. The summed E-state index contributed by atoms with van der Waals surface area (Å²) in [6.45, 7) is 8.59. The van der Waals surface area contributed by atoms with Gasteiger partial charge in [0.1, 0.15) is 0 Å². The largest absolute Gasteiger partial charge is 0.262 e. The lowest BCUT2D eigenvalue weighted by atomic mass is 10.1. The summed E-state index contributed by atoms with van der Waals surface area (Å²) in [6.07, 6.45) is 4.48. The van der Waals surface area contributed by atoms with Crippen molar-refractivity contribution in [2.45, 2.75) is 34.1 Å². The predicted octanol–water partition coefficient (Wildman–Crippen LogP) is 5.42. The van der Waals surface area contributed by atoms with Crippen LogP contribution >= 0.6 is 11.3 Å². The van der Waals surface area contributed by atoms with E-state index in [1.54, 1.807) is 23.7 Å². The first-order valence-electron chi connectivity index (χ1n) is 8.79. The SMILES string of the molecule is CC(CC(C)C)=Nn1c(-c2ccc(C)cc2)csc1=Nc1cccnc1. The average Bonchev–Trinajstić information content (AvgIpc) is 2.98. The van der Waals surface area contributed by atoms with Gasteiger partial charge in [-0.25, -0.2) is 9.67 Å². The van der Waals surface area contributed by atoms with Gasteiger partial charge >= 0.3 is 0 Å². The van der Waals surface area contributed by atoms with Gasteiger partial charge in [-0.2, -0.15) is 5.10 Å². The highest BCUT2D eigenvalue weighted by molar-refractivity contribution is 7.07. The van der Waals surface area contributed by atoms with Crippen LogP contribution in [0, 0.1) is 12.8 Å². The molecule has 0 aliphatic rings. The third kappa shape index (κ3) is 4.55. The van der Waals surface area contributed by atoms with Crippen LogP contribution in [0.5, 0.6) is 0 Å². The van der Waals surface area contributed by atoms with E-state index in [0.29, 0.717) is 5.92 Å². The Balaban J connectivity index is 2.13. The molecule has 4 nitrogen and oxygen atoms in total. The molecule has 134 valence electrons. The molecule has 0 fully saturated rings. The first-order valence-corrected chi connectivity index (χ1v) is 9.67. The summed E-state index contributed by atoms with van der Waals surface area (Å²) in [7, 11) is 0. The van der Waals surface area contributed by atoms with E-state index in [4.69, 9.17) is 10.1 Å². The lowest BCUT2D eigenvalue weighted by Gasteiger charge is -2.08. The summed E-state index contributed by atoms with van der Waals surface area (Å²) in [4.78, 5) is 9.74. The molecule has 0 unspecified atom stereocenters. The molecule has 0 amide bonds. The van der Waals surface area contributed by atoms with E-state index in [1.807, 2.05) is 16.8 Å². The van der Waals surface area contributed by atoms with Crippen LogP contribution < -0.4 is 4.80 Å². The number of pyridine rings is 1. The Morgan fingerprint density at radius 3 is 2.62 bits per heavy atom. The maximum Gasteiger partial charge on any atom is 0.211 e. The van der Waals surface area contributed by atoms with Crippen molar-refractivity contribution in [1.29, 1.82) is 0 Å². The molecule has 2 heterocycles. The van der Waals surface area contributed by atoms with Crippen LogP contribution in [0.15, 0.2) is 64.3 Å². The Kier molecular flexibility index (Phi) is 5.78. The van der Waals surface area contributed by atoms with E-state index in [0.717, 1.165) is 33.9 Å². The van der Waals surface area contributed by atoms with Gasteiger partial charge in [0.2, 0.25) is 4.80 Å². The number of hydrogen-bond donors (Lipinski definition) is 0. The van der Waals surface area contributed by atoms with Crippen LogP contribution in [0.1, 0.15) is 32.8 Å². The van der Waals surface area contributed by atoms with Crippen molar-refractivity contribution in [3.8, 4) is 11.3 Å². The first kappa shape index (κ1) is 18.3. The quantitative estimate of drug-likeness (QED) is 0.557. The van der Waals surface area contributed by atoms with E-state index >= 15 is 0 Å². The van der Waals surface area contributed by atoms with Gasteiger partial charge in [0, 0.05) is 22.9 Å². The fourth-order valence-corrected chi connectivity index (χ4v) is 3.58. The zero-order chi connectivity index (χ0) is 18.5. The standard InChI is InChI=1S/C21H24N4S/c1-15(2)12-17(4)24-25-20(18-9-7-16(3)8-10-18)14-26-21(25)23-19-6-5-11-22-13-19/h5-11,13-15H,12H2,1-4H3. The van der Waals surface area contributed by atoms with Crippen molar-refractivity contribution >= 4 is 22.7 Å². The normalized spacial score (nSPS) is 12.8. The van der Waals surface area contributed by atoms with Gasteiger partial charge in [-0.3, -0.25) is 4.98 Å². The van der Waals surface area contributed by atoms with Crippen LogP contribution in [-0.4, -0.2) is 15.4 Å². The van der Waals surface area contributed by atoms with E-state index in [9.17, 15) is 0 Å². The molecule has 0 atom stereocenters. The lowest BCUT2D eigenvalue weighted by Crippen LogP contribution is -2.14. The molecule has 0 radical (unpaired) electrons. The monoisotopic (exact) mass is 364 g/mol. The number of thiazole rings is 1. The van der Waals surface area contributed by atoms with Crippen LogP contribution in [0.2, 0.25) is 0 Å². The molecule has 3 rings (SSSR count). The average molecular weight is 365 g/mol. The predicted molar refractivity (Wildman–Crippen MR) is 110 cm³/mol. The van der Waals surface area contributed by atoms with Crippen LogP contribution in [0.4, 0.5) is 5.69 Å². The fraction of sp³-hybridized carbons (Fsp3) is 0.286. The Morgan fingerprint density at radius 2 is 1.96 bits per heavy atom. The summed E-state index contributed by atoms with van der Waals surface area (Å²) in [5, 5.41) is 7.00. The summed E-state index contributed by atoms with van der Waals surface area (Å²) < 4.78 is 1.96. The van der Waals surface area contributed by atoms with Gasteiger partial charge in [-0.05, 0) is 38.3 Å². The minimum Gasteiger partial charge on any atom is -0.262 e. The minimum atomic E-state index is 0.569. The molecule has 0 aliphatic carbocycles. The van der Waals surface area contributed by atoms with E-state index in [1.165, 1.54) is 5.56 Å². The Bertz CT molecular complexity index is 948. The molecule has 0 aliphatic heterocycles. The lowest BCUT2D eigenvalue weighted by molar-refractivity contribution is 0.675. The first-order chi connectivity index (χ1) is 12.5. The summed E-state index contributed by atoms with van der Waals surface area (Å²) in [5.74, 6) is 0.569. The summed E-state index contributed by atoms with van der Waals surface area (Å²) in [6, 6.07) is 12.4. The Morgan fingerprint density at radius 1 is 1.19 bits per heavy atom. The van der Waals surface area contributed by atoms with Crippen molar-refractivity contribution in [3.63, 3.8) is 0 Å². The van der Waals surface area contributed by atoms with E-state index < -0.39 is 0 Å². The maximum atomic E-state index is 4.88. The van der Waals surface area contributed by atoms with Gasteiger partial charge in [-0.15, -0.1) is 11.3 Å². The highest BCUT2D eigenvalue weighted by atomic mass is 32.1. The Hall–Kier alpha value is -2.53. The molecule has 5 heteroatoms. The van der Waals surface area contributed by atoms with Crippen molar-refractivity contribution in [1.82, 2.24) is 9.66 Å². The minimum absolute atomic E-state index is 0.569. The summed E-state index contributed by atoms with van der Waals surface area (Å²) >= 11 is 1.59. The van der Waals surface area contributed by atoms with Gasteiger partial charge in [0.25, 0.3) is 0 Å². The molecule has 26 heavy (non-hydrogen) atoms. The second kappa shape index (κ2) is 8.23. The third-order valence-electron chi connectivity index (χ3n) is 3.88. The zero-order valence-electron chi connectivity index (χ0n) is 15.7. The fourth-order valence-electron chi connectivity index (χ4n) is 2.73. The summed E-state index contributed by atoms with van der Waals surface area (Å²) in [5.41, 5.74) is 5.37. The molecule has 2 aromatic heterocycles. The molecule has 0 bridgehead atoms. The molecule has 0 saturated carbocycles. The molecule has 0 spiro atoms. The number of nitrogens with zero attached hydrogens (tertiary/aromatic N) is 4. The number of benzene rings is 1. The highest BCUT2D eigenvalue weighted by Gasteiger charge is 2.09. The molecule has 1 aromatic carbocycles. The molecular formula is C21H24N4S. The van der Waals surface area contributed by atoms with Crippen molar-refractivity contribution < 1.29 is 0 Å². The molecule has 0 saturated heterocycles. The van der Waals surface area contributed by atoms with Crippen LogP contribution in [-0.2, 0) is 0 Å². The number of hydrogen-bond acceptors (Lipinski definition) is 4. The van der Waals surface area contributed by atoms with Gasteiger partial charge < -0.3 is 0 Å². The second-order valence-electron chi connectivity index (χ2n) is 6.84. The highest BCUT2D eigenvalue weighted by Crippen LogP contribution is 2.21. The van der Waals surface area contributed by atoms with Crippen LogP contribution in [0.3, 0.4) is 0 Å².